The molecule has 0 spiro atoms. The molecule has 0 N–H and O–H groups in total. The van der Waals surface area contributed by atoms with E-state index in [1.807, 2.05) is 0 Å². The second-order valence-corrected chi connectivity index (χ2v) is 2.77. The van der Waals surface area contributed by atoms with Gasteiger partial charge in [0.2, 0.25) is 0 Å². The molecule has 2 heteroatoms. The first kappa shape index (κ1) is 7.99. The van der Waals surface area contributed by atoms with Gasteiger partial charge in [-0.3, -0.25) is 0 Å². The maximum absolute atomic E-state index is 2.24. The van der Waals surface area contributed by atoms with Crippen LogP contribution in [0.25, 0.3) is 0 Å². The van der Waals surface area contributed by atoms with E-state index in [4.69, 9.17) is 0 Å². The van der Waals surface area contributed by atoms with Gasteiger partial charge in [-0.05, 0) is 12.2 Å². The minimum absolute atomic E-state index is 0. The number of nitrogens with zero attached hydrogens (tertiary/aromatic N) is 1. The van der Waals surface area contributed by atoms with Crippen molar-refractivity contribution in [2.75, 3.05) is 27.2 Å². The summed E-state index contributed by atoms with van der Waals surface area (Å²) in [6.45, 7) is 2.42. The summed E-state index contributed by atoms with van der Waals surface area (Å²) in [6.07, 6.45) is 4.47. The van der Waals surface area contributed by atoms with Crippen molar-refractivity contribution in [3.8, 4) is 0 Å². The summed E-state index contributed by atoms with van der Waals surface area (Å²) in [6, 6.07) is 0. The molecule has 1 aliphatic heterocycles. The van der Waals surface area contributed by atoms with E-state index < -0.39 is 0 Å². The van der Waals surface area contributed by atoms with Crippen molar-refractivity contribution in [1.82, 2.24) is 0 Å². The zero-order valence-electron chi connectivity index (χ0n) is 5.39. The molecule has 0 fully saturated rings. The van der Waals surface area contributed by atoms with Crippen molar-refractivity contribution in [3.05, 3.63) is 12.2 Å². The third-order valence-electron chi connectivity index (χ3n) is 1.37. The number of hydrogen-bond acceptors (Lipinski definition) is 0. The molecule has 1 aliphatic rings. The van der Waals surface area contributed by atoms with E-state index in [2.05, 4.69) is 26.2 Å². The van der Waals surface area contributed by atoms with Crippen molar-refractivity contribution in [3.63, 3.8) is 0 Å². The van der Waals surface area contributed by atoms with Crippen molar-refractivity contribution in [2.45, 2.75) is 0 Å². The number of likely N-dealkylation sites (N-methyl/N-ethyl adjacent to an activating group) is 1. The maximum Gasteiger partial charge on any atom is 0.0974 e. The second-order valence-electron chi connectivity index (χ2n) is 2.77. The number of halogens is 1. The molecule has 0 aliphatic carbocycles. The molecule has 0 aromatic heterocycles. The van der Waals surface area contributed by atoms with Gasteiger partial charge in [-0.15, -0.1) is 0 Å². The molecule has 0 saturated heterocycles. The van der Waals surface area contributed by atoms with Gasteiger partial charge in [0.15, 0.2) is 0 Å². The molecule has 48 valence electrons. The number of rotatable bonds is 0. The zero-order valence-corrected chi connectivity index (χ0v) is 6.15. The van der Waals surface area contributed by atoms with Gasteiger partial charge in [0.1, 0.15) is 0 Å². The lowest BCUT2D eigenvalue weighted by atomic mass is 10.6. The molecule has 0 atom stereocenters. The lowest BCUT2D eigenvalue weighted by Crippen LogP contribution is -3.00. The van der Waals surface area contributed by atoms with E-state index in [1.54, 1.807) is 0 Å². The highest BCUT2D eigenvalue weighted by Crippen LogP contribution is 2.03. The summed E-state index contributed by atoms with van der Waals surface area (Å²) < 4.78 is 1.14. The van der Waals surface area contributed by atoms with Gasteiger partial charge < -0.3 is 16.9 Å². The first-order chi connectivity index (χ1) is 3.21. The normalized spacial score (nSPS) is 22.8. The van der Waals surface area contributed by atoms with Gasteiger partial charge in [0, 0.05) is 0 Å². The van der Waals surface area contributed by atoms with Crippen LogP contribution in [0.4, 0.5) is 0 Å². The van der Waals surface area contributed by atoms with Crippen molar-refractivity contribution >= 4 is 0 Å². The smallest absolute Gasteiger partial charge is 0.0974 e. The largest absolute Gasteiger partial charge is 1.00 e. The van der Waals surface area contributed by atoms with Gasteiger partial charge in [0.05, 0.1) is 27.2 Å². The zero-order chi connectivity index (χ0) is 5.33. The monoisotopic (exact) mass is 133 g/mol. The van der Waals surface area contributed by atoms with E-state index >= 15 is 0 Å². The maximum atomic E-state index is 2.24. The van der Waals surface area contributed by atoms with Gasteiger partial charge in [-0.1, -0.05) is 0 Å². The molecular formula is C6H12ClN. The Balaban J connectivity index is 0.000000490. The van der Waals surface area contributed by atoms with Gasteiger partial charge in [-0.25, -0.2) is 0 Å². The predicted molar refractivity (Wildman–Crippen MR) is 31.0 cm³/mol. The van der Waals surface area contributed by atoms with Crippen LogP contribution in [-0.4, -0.2) is 31.7 Å². The van der Waals surface area contributed by atoms with Crippen LogP contribution in [0.3, 0.4) is 0 Å². The van der Waals surface area contributed by atoms with Crippen molar-refractivity contribution in [2.24, 2.45) is 0 Å². The summed E-state index contributed by atoms with van der Waals surface area (Å²) in [5.74, 6) is 0. The van der Waals surface area contributed by atoms with E-state index in [0.717, 1.165) is 4.48 Å². The topological polar surface area (TPSA) is 0 Å². The molecule has 0 aromatic carbocycles. The van der Waals surface area contributed by atoms with Crippen molar-refractivity contribution < 1.29 is 16.9 Å². The SMILES string of the molecule is C[N+]1(C)CC=CC1.[Cl-]. The molecule has 1 nitrogen and oxygen atoms in total. The highest BCUT2D eigenvalue weighted by atomic mass is 35.5. The summed E-state index contributed by atoms with van der Waals surface area (Å²) in [5, 5.41) is 0. The molecular weight excluding hydrogens is 122 g/mol. The van der Waals surface area contributed by atoms with Crippen LogP contribution in [-0.2, 0) is 0 Å². The third kappa shape index (κ3) is 1.85. The Labute approximate surface area is 57.0 Å². The second kappa shape index (κ2) is 2.51. The number of quaternary nitrogens is 1. The van der Waals surface area contributed by atoms with E-state index in [9.17, 15) is 0 Å². The standard InChI is InChI=1S/C6H12N.ClH/c1-7(2)5-3-4-6-7;/h3-4H,5-6H2,1-2H3;1H/q+1;/p-1. The van der Waals surface area contributed by atoms with Crippen LogP contribution >= 0.6 is 0 Å². The molecule has 0 radical (unpaired) electrons. The first-order valence-corrected chi connectivity index (χ1v) is 2.68. The third-order valence-corrected chi connectivity index (χ3v) is 1.37. The Morgan fingerprint density at radius 3 is 1.62 bits per heavy atom. The van der Waals surface area contributed by atoms with Crippen LogP contribution in [0.15, 0.2) is 12.2 Å². The van der Waals surface area contributed by atoms with Crippen LogP contribution in [0.1, 0.15) is 0 Å². The molecule has 0 aromatic rings. The Hall–Kier alpha value is -0.0100. The lowest BCUT2D eigenvalue weighted by molar-refractivity contribution is -0.873. The van der Waals surface area contributed by atoms with Gasteiger partial charge in [-0.2, -0.15) is 0 Å². The summed E-state index contributed by atoms with van der Waals surface area (Å²) >= 11 is 0. The van der Waals surface area contributed by atoms with E-state index in [0.29, 0.717) is 0 Å². The highest BCUT2D eigenvalue weighted by molar-refractivity contribution is 4.86. The van der Waals surface area contributed by atoms with Crippen LogP contribution in [0.5, 0.6) is 0 Å². The van der Waals surface area contributed by atoms with Gasteiger partial charge in [0.25, 0.3) is 0 Å². The molecule has 0 unspecified atom stereocenters. The average Bonchev–Trinajstić information content (AvgIpc) is 1.84. The fourth-order valence-corrected chi connectivity index (χ4v) is 0.794. The molecule has 8 heavy (non-hydrogen) atoms. The fraction of sp³-hybridized carbons (Fsp3) is 0.667. The van der Waals surface area contributed by atoms with Crippen LogP contribution in [0, 0.1) is 0 Å². The lowest BCUT2D eigenvalue weighted by Gasteiger charge is -2.21. The molecule has 1 heterocycles. The molecule has 0 bridgehead atoms. The van der Waals surface area contributed by atoms with Crippen LogP contribution in [0.2, 0.25) is 0 Å². The molecule has 1 rings (SSSR count). The molecule has 0 amide bonds. The summed E-state index contributed by atoms with van der Waals surface area (Å²) in [5.41, 5.74) is 0. The van der Waals surface area contributed by atoms with E-state index in [1.165, 1.54) is 13.1 Å². The van der Waals surface area contributed by atoms with Crippen molar-refractivity contribution in [1.29, 1.82) is 0 Å². The van der Waals surface area contributed by atoms with Gasteiger partial charge >= 0.3 is 0 Å². The Morgan fingerprint density at radius 1 is 1.12 bits per heavy atom. The Kier molecular flexibility index (Phi) is 2.51. The molecule has 0 saturated carbocycles. The fourth-order valence-electron chi connectivity index (χ4n) is 0.794. The van der Waals surface area contributed by atoms with Crippen LogP contribution < -0.4 is 12.4 Å². The summed E-state index contributed by atoms with van der Waals surface area (Å²) in [4.78, 5) is 0. The van der Waals surface area contributed by atoms with E-state index in [-0.39, 0.29) is 12.4 Å². The Morgan fingerprint density at radius 2 is 1.50 bits per heavy atom. The average molecular weight is 134 g/mol. The quantitative estimate of drug-likeness (QED) is 0.256. The number of hydrogen-bond donors (Lipinski definition) is 0. The summed E-state index contributed by atoms with van der Waals surface area (Å²) in [7, 11) is 4.47. The minimum atomic E-state index is 0. The highest BCUT2D eigenvalue weighted by Gasteiger charge is 2.14. The minimum Gasteiger partial charge on any atom is -1.00 e. The first-order valence-electron chi connectivity index (χ1n) is 2.68. The Bertz CT molecular complexity index is 86.7. The predicted octanol–water partition coefficient (Wildman–Crippen LogP) is -2.36.